The summed E-state index contributed by atoms with van der Waals surface area (Å²) in [6.07, 6.45) is -5.37. The van der Waals surface area contributed by atoms with Crippen LogP contribution in [0.3, 0.4) is 0 Å². The number of pyridine rings is 1. The molecule has 0 radical (unpaired) electrons. The average molecular weight is 761 g/mol. The lowest BCUT2D eigenvalue weighted by Gasteiger charge is -2.27. The van der Waals surface area contributed by atoms with Crippen molar-refractivity contribution in [3.05, 3.63) is 94.8 Å². The predicted octanol–water partition coefficient (Wildman–Crippen LogP) is 5.65. The van der Waals surface area contributed by atoms with E-state index in [9.17, 15) is 54.7 Å². The standard InChI is InChI=1S/C34H32ClF7N4O6/c1-18(2)23(28(48)34(41,42)31(51)44-17-33(38,39)40)15-26(47)27(20-8-4-3-5-9-20)46-30(50)25(14-19-7-6-10-21(35)13-19)45-29(49)24-12-11-22(16-43-24)52-32(36)37/h3-13,16,18,23,25,27,32H,14-15,17H2,1-2H3,(H,44,51)(H,45,49)(H,46,50)/t23-,25-,27-/m0/s1. The second-order valence-corrected chi connectivity index (χ2v) is 12.2. The van der Waals surface area contributed by atoms with Crippen molar-refractivity contribution in [3.63, 3.8) is 0 Å². The number of ketones is 2. The number of carbonyl (C=O) groups is 5. The molecule has 0 bridgehead atoms. The van der Waals surface area contributed by atoms with E-state index >= 15 is 0 Å². The summed E-state index contributed by atoms with van der Waals surface area (Å²) in [7, 11) is 0. The van der Waals surface area contributed by atoms with Crippen LogP contribution < -0.4 is 20.7 Å². The van der Waals surface area contributed by atoms with Crippen molar-refractivity contribution in [1.82, 2.24) is 20.9 Å². The van der Waals surface area contributed by atoms with Gasteiger partial charge in [-0.1, -0.05) is 67.9 Å². The molecule has 0 saturated carbocycles. The molecule has 0 unspecified atom stereocenters. The Balaban J connectivity index is 1.91. The third-order valence-corrected chi connectivity index (χ3v) is 7.73. The summed E-state index contributed by atoms with van der Waals surface area (Å²) in [4.78, 5) is 69.4. The number of nitrogens with one attached hydrogen (secondary N) is 3. The van der Waals surface area contributed by atoms with Crippen molar-refractivity contribution >= 4 is 40.9 Å². The number of hydrogen-bond acceptors (Lipinski definition) is 7. The highest BCUT2D eigenvalue weighted by molar-refractivity contribution is 6.30. The number of carbonyl (C=O) groups excluding carboxylic acids is 5. The van der Waals surface area contributed by atoms with Gasteiger partial charge in [-0.05, 0) is 41.3 Å². The Hall–Kier alpha value is -5.06. The minimum absolute atomic E-state index is 0.134. The number of hydrogen-bond donors (Lipinski definition) is 3. The minimum atomic E-state index is -5.04. The average Bonchev–Trinajstić information content (AvgIpc) is 3.07. The number of ether oxygens (including phenoxy) is 1. The number of aromatic nitrogens is 1. The molecule has 0 aliphatic heterocycles. The Morgan fingerprint density at radius 3 is 2.12 bits per heavy atom. The Labute approximate surface area is 297 Å². The monoisotopic (exact) mass is 760 g/mol. The van der Waals surface area contributed by atoms with Crippen LogP contribution in [0.15, 0.2) is 72.9 Å². The smallest absolute Gasteiger partial charge is 0.405 e. The minimum Gasteiger partial charge on any atom is -0.433 e. The molecular weight excluding hydrogens is 729 g/mol. The molecule has 0 aliphatic rings. The highest BCUT2D eigenvalue weighted by atomic mass is 35.5. The van der Waals surface area contributed by atoms with Crippen molar-refractivity contribution < 1.29 is 59.4 Å². The van der Waals surface area contributed by atoms with Gasteiger partial charge in [0.2, 0.25) is 11.7 Å². The van der Waals surface area contributed by atoms with E-state index in [1.165, 1.54) is 44.2 Å². The molecule has 10 nitrogen and oxygen atoms in total. The van der Waals surface area contributed by atoms with Gasteiger partial charge in [-0.25, -0.2) is 4.98 Å². The van der Waals surface area contributed by atoms with E-state index in [1.807, 2.05) is 0 Å². The van der Waals surface area contributed by atoms with Gasteiger partial charge < -0.3 is 20.7 Å². The van der Waals surface area contributed by atoms with E-state index in [0.717, 1.165) is 23.6 Å². The van der Waals surface area contributed by atoms with Gasteiger partial charge in [0.15, 0.2) is 5.78 Å². The summed E-state index contributed by atoms with van der Waals surface area (Å²) in [5.41, 5.74) is 0.273. The number of nitrogens with zero attached hydrogens (tertiary/aromatic N) is 1. The van der Waals surface area contributed by atoms with E-state index in [-0.39, 0.29) is 28.5 Å². The Morgan fingerprint density at radius 2 is 1.56 bits per heavy atom. The van der Waals surface area contributed by atoms with Gasteiger partial charge in [0.1, 0.15) is 30.1 Å². The maximum atomic E-state index is 14.9. The fraction of sp³-hybridized carbons (Fsp3) is 0.353. The van der Waals surface area contributed by atoms with Crippen LogP contribution in [-0.4, -0.2) is 65.6 Å². The molecule has 0 fully saturated rings. The summed E-state index contributed by atoms with van der Waals surface area (Å²) >= 11 is 6.09. The number of alkyl halides is 7. The van der Waals surface area contributed by atoms with Crippen molar-refractivity contribution in [2.24, 2.45) is 11.8 Å². The van der Waals surface area contributed by atoms with E-state index < -0.39 is 84.9 Å². The molecule has 0 spiro atoms. The molecule has 3 N–H and O–H groups in total. The zero-order chi connectivity index (χ0) is 38.8. The van der Waals surface area contributed by atoms with Crippen molar-refractivity contribution in [2.75, 3.05) is 6.54 Å². The quantitative estimate of drug-likeness (QED) is 0.119. The van der Waals surface area contributed by atoms with E-state index in [2.05, 4.69) is 20.4 Å². The van der Waals surface area contributed by atoms with Crippen LogP contribution >= 0.6 is 11.6 Å². The van der Waals surface area contributed by atoms with Crippen LogP contribution in [0.2, 0.25) is 5.02 Å². The number of amides is 3. The normalized spacial score (nSPS) is 13.5. The van der Waals surface area contributed by atoms with E-state index in [0.29, 0.717) is 5.56 Å². The van der Waals surface area contributed by atoms with Crippen molar-refractivity contribution in [1.29, 1.82) is 0 Å². The Morgan fingerprint density at radius 1 is 0.885 bits per heavy atom. The lowest BCUT2D eigenvalue weighted by atomic mass is 9.82. The molecule has 3 rings (SSSR count). The zero-order valence-corrected chi connectivity index (χ0v) is 28.1. The van der Waals surface area contributed by atoms with Gasteiger partial charge in [0.25, 0.3) is 11.8 Å². The molecule has 3 aromatic rings. The first-order chi connectivity index (χ1) is 24.3. The van der Waals surface area contributed by atoms with Crippen LogP contribution in [0.5, 0.6) is 5.75 Å². The highest BCUT2D eigenvalue weighted by Gasteiger charge is 2.52. The maximum absolute atomic E-state index is 14.9. The molecule has 0 aliphatic carbocycles. The second-order valence-electron chi connectivity index (χ2n) is 11.7. The number of Topliss-reactive ketones (excluding diaryl/α,β-unsaturated/α-hetero) is 2. The topological polar surface area (TPSA) is 144 Å². The number of benzene rings is 2. The summed E-state index contributed by atoms with van der Waals surface area (Å²) in [5.74, 6) is -15.7. The van der Waals surface area contributed by atoms with Crippen LogP contribution in [0, 0.1) is 11.8 Å². The SMILES string of the molecule is CC(C)[C@H](CC(=O)[C@@H](NC(=O)[C@H](Cc1cccc(Cl)c1)NC(=O)c1ccc(OC(F)F)cn1)c1ccccc1)C(=O)C(F)(F)C(=O)NCC(F)(F)F. The molecule has 1 aromatic heterocycles. The van der Waals surface area contributed by atoms with Crippen molar-refractivity contribution in [2.45, 2.75) is 57.5 Å². The Kier molecular flexibility index (Phi) is 14.3. The van der Waals surface area contributed by atoms with Gasteiger partial charge in [-0.3, -0.25) is 24.0 Å². The summed E-state index contributed by atoms with van der Waals surface area (Å²) in [6.45, 7) is -2.71. The highest BCUT2D eigenvalue weighted by Crippen LogP contribution is 2.30. The third kappa shape index (κ3) is 12.0. The van der Waals surface area contributed by atoms with Crippen LogP contribution in [0.4, 0.5) is 30.7 Å². The third-order valence-electron chi connectivity index (χ3n) is 7.49. The summed E-state index contributed by atoms with van der Waals surface area (Å²) in [6, 6.07) is 12.6. The molecule has 52 heavy (non-hydrogen) atoms. The fourth-order valence-corrected chi connectivity index (χ4v) is 5.08. The first kappa shape index (κ1) is 41.4. The van der Waals surface area contributed by atoms with Gasteiger partial charge in [-0.2, -0.15) is 30.7 Å². The number of rotatable bonds is 17. The Bertz CT molecular complexity index is 1730. The van der Waals surface area contributed by atoms with Gasteiger partial charge in [-0.15, -0.1) is 0 Å². The molecule has 1 heterocycles. The first-order valence-corrected chi connectivity index (χ1v) is 15.8. The van der Waals surface area contributed by atoms with Crippen LogP contribution in [0.1, 0.15) is 47.9 Å². The predicted molar refractivity (Wildman–Crippen MR) is 172 cm³/mol. The first-order valence-electron chi connectivity index (χ1n) is 15.4. The second kappa shape index (κ2) is 17.9. The van der Waals surface area contributed by atoms with Gasteiger partial charge >= 0.3 is 18.7 Å². The molecule has 3 atom stereocenters. The fourth-order valence-electron chi connectivity index (χ4n) is 4.87. The van der Waals surface area contributed by atoms with Gasteiger partial charge in [0.05, 0.1) is 6.20 Å². The van der Waals surface area contributed by atoms with Gasteiger partial charge in [0, 0.05) is 23.8 Å². The lowest BCUT2D eigenvalue weighted by Crippen LogP contribution is -2.52. The molecular formula is C34H32ClF7N4O6. The number of halogens is 8. The lowest BCUT2D eigenvalue weighted by molar-refractivity contribution is -0.167. The van der Waals surface area contributed by atoms with E-state index in [4.69, 9.17) is 11.6 Å². The zero-order valence-electron chi connectivity index (χ0n) is 27.4. The summed E-state index contributed by atoms with van der Waals surface area (Å²) < 4.78 is 96.6. The molecule has 3 amide bonds. The largest absolute Gasteiger partial charge is 0.433 e. The molecule has 280 valence electrons. The van der Waals surface area contributed by atoms with E-state index in [1.54, 1.807) is 24.3 Å². The maximum Gasteiger partial charge on any atom is 0.405 e. The van der Waals surface area contributed by atoms with Crippen molar-refractivity contribution in [3.8, 4) is 5.75 Å². The summed E-state index contributed by atoms with van der Waals surface area (Å²) in [5, 5.41) is 6.19. The molecule has 18 heteroatoms. The van der Waals surface area contributed by atoms with Crippen LogP contribution in [-0.2, 0) is 25.6 Å². The van der Waals surface area contributed by atoms with Crippen LogP contribution in [0.25, 0.3) is 0 Å². The molecule has 0 saturated heterocycles. The molecule has 2 aromatic carbocycles.